The third-order valence-electron chi connectivity index (χ3n) is 8.36. The van der Waals surface area contributed by atoms with Crippen molar-refractivity contribution in [2.45, 2.75) is 41.2 Å². The molecular weight excluding hydrogens is 616 g/mol. The van der Waals surface area contributed by atoms with Crippen molar-refractivity contribution >= 4 is 23.7 Å². The number of aromatic nitrogens is 3. The fourth-order valence-corrected chi connectivity index (χ4v) is 5.76. The minimum absolute atomic E-state index is 0.110. The molecule has 5 rings (SSSR count). The Hall–Kier alpha value is -5.83. The predicted octanol–water partition coefficient (Wildman–Crippen LogP) is 7.49. The third-order valence-corrected chi connectivity index (χ3v) is 8.36. The number of ether oxygens (including phenoxy) is 2. The van der Waals surface area contributed by atoms with E-state index in [0.717, 1.165) is 44.6 Å². The van der Waals surface area contributed by atoms with E-state index in [9.17, 15) is 14.7 Å². The summed E-state index contributed by atoms with van der Waals surface area (Å²) in [6, 6.07) is 23.6. The topological polar surface area (TPSA) is 115 Å². The Bertz CT molecular complexity index is 2000. The van der Waals surface area contributed by atoms with Gasteiger partial charge in [0.15, 0.2) is 17.5 Å². The number of benzene rings is 4. The highest BCUT2D eigenvalue weighted by molar-refractivity contribution is 6.17. The van der Waals surface area contributed by atoms with Crippen LogP contribution >= 0.6 is 0 Å². The molecule has 0 atom stereocenters. The molecule has 0 spiro atoms. The van der Waals surface area contributed by atoms with Crippen molar-refractivity contribution in [1.82, 2.24) is 15.0 Å². The zero-order chi connectivity index (χ0) is 35.4. The summed E-state index contributed by atoms with van der Waals surface area (Å²) in [7, 11) is 4.38. The smallest absolute Gasteiger partial charge is 0.345 e. The molecule has 0 unspecified atom stereocenters. The number of phenols is 1. The van der Waals surface area contributed by atoms with Gasteiger partial charge in [0.2, 0.25) is 0 Å². The van der Waals surface area contributed by atoms with Crippen LogP contribution in [-0.4, -0.2) is 53.3 Å². The van der Waals surface area contributed by atoms with Gasteiger partial charge in [-0.15, -0.1) is 0 Å². The maximum Gasteiger partial charge on any atom is 0.345 e. The predicted molar refractivity (Wildman–Crippen MR) is 192 cm³/mol. The van der Waals surface area contributed by atoms with Crippen molar-refractivity contribution in [1.29, 1.82) is 0 Å². The van der Waals surface area contributed by atoms with E-state index in [1.54, 1.807) is 12.1 Å². The monoisotopic (exact) mass is 656 g/mol. The van der Waals surface area contributed by atoms with Crippen LogP contribution in [0.3, 0.4) is 0 Å². The molecule has 1 aromatic heterocycles. The number of hydrogen-bond donors (Lipinski definition) is 1. The van der Waals surface area contributed by atoms with E-state index in [4.69, 9.17) is 24.4 Å². The second kappa shape index (κ2) is 14.5. The van der Waals surface area contributed by atoms with Crippen LogP contribution in [-0.2, 0) is 25.6 Å². The number of anilines is 1. The van der Waals surface area contributed by atoms with Crippen molar-refractivity contribution in [3.05, 3.63) is 117 Å². The molecule has 0 amide bonds. The summed E-state index contributed by atoms with van der Waals surface area (Å²) in [5.74, 6) is 0.0218. The van der Waals surface area contributed by atoms with Gasteiger partial charge < -0.3 is 19.5 Å². The highest BCUT2D eigenvalue weighted by Crippen LogP contribution is 2.35. The van der Waals surface area contributed by atoms with E-state index in [2.05, 4.69) is 30.9 Å². The molecule has 0 saturated heterocycles. The van der Waals surface area contributed by atoms with Crippen LogP contribution in [0.1, 0.15) is 38.9 Å². The molecule has 9 nitrogen and oxygen atoms in total. The Morgan fingerprint density at radius 2 is 1.16 bits per heavy atom. The lowest BCUT2D eigenvalue weighted by Gasteiger charge is -2.21. The van der Waals surface area contributed by atoms with Gasteiger partial charge in [0, 0.05) is 30.4 Å². The van der Waals surface area contributed by atoms with Gasteiger partial charge >= 0.3 is 11.9 Å². The first-order valence-electron chi connectivity index (χ1n) is 15.8. The number of aromatic hydroxyl groups is 1. The molecule has 9 heteroatoms. The fourth-order valence-electron chi connectivity index (χ4n) is 5.76. The number of nitrogens with zero attached hydrogens (tertiary/aromatic N) is 4. The lowest BCUT2D eigenvalue weighted by molar-refractivity contribution is -0.143. The van der Waals surface area contributed by atoms with Crippen LogP contribution in [0.5, 0.6) is 5.75 Å². The molecule has 1 N–H and O–H groups in total. The second-order valence-corrected chi connectivity index (χ2v) is 12.2. The zero-order valence-corrected chi connectivity index (χ0v) is 29.1. The summed E-state index contributed by atoms with van der Waals surface area (Å²) >= 11 is 0. The van der Waals surface area contributed by atoms with Crippen LogP contribution in [0, 0.1) is 34.6 Å². The number of rotatable bonds is 9. The van der Waals surface area contributed by atoms with Crippen molar-refractivity contribution in [2.75, 3.05) is 26.2 Å². The van der Waals surface area contributed by atoms with Gasteiger partial charge in [-0.25, -0.2) is 24.5 Å². The number of esters is 2. The quantitative estimate of drug-likeness (QED) is 0.0746. The normalized spacial score (nSPS) is 10.8. The Morgan fingerprint density at radius 1 is 0.673 bits per heavy atom. The van der Waals surface area contributed by atoms with E-state index in [1.165, 1.54) is 20.3 Å². The summed E-state index contributed by atoms with van der Waals surface area (Å²) < 4.78 is 9.45. The maximum absolute atomic E-state index is 12.1. The Kier molecular flexibility index (Phi) is 10.2. The Labute approximate surface area is 286 Å². The van der Waals surface area contributed by atoms with Gasteiger partial charge in [0.1, 0.15) is 11.3 Å². The lowest BCUT2D eigenvalue weighted by atomic mass is 10.0. The number of phenolic OH excluding ortho intramolecular Hbond substituents is 1. The number of methoxy groups -OCH3 is 2. The molecule has 4 aromatic carbocycles. The van der Waals surface area contributed by atoms with Crippen LogP contribution in [0.25, 0.3) is 40.2 Å². The molecule has 1 heterocycles. The van der Waals surface area contributed by atoms with Gasteiger partial charge in [-0.3, -0.25) is 0 Å². The summed E-state index contributed by atoms with van der Waals surface area (Å²) in [6.07, 6.45) is 1.44. The van der Waals surface area contributed by atoms with Crippen molar-refractivity contribution in [3.63, 3.8) is 0 Å². The first-order chi connectivity index (χ1) is 23.4. The molecule has 0 fully saturated rings. The molecule has 0 aliphatic carbocycles. The van der Waals surface area contributed by atoms with Gasteiger partial charge in [0.05, 0.1) is 19.8 Å². The summed E-state index contributed by atoms with van der Waals surface area (Å²) in [6.45, 7) is 10.6. The summed E-state index contributed by atoms with van der Waals surface area (Å²) in [5, 5.41) is 11.4. The fraction of sp³-hybridized carbons (Fsp3) is 0.225. The molecule has 49 heavy (non-hydrogen) atoms. The summed E-state index contributed by atoms with van der Waals surface area (Å²) in [4.78, 5) is 41.0. The van der Waals surface area contributed by atoms with Crippen molar-refractivity contribution < 1.29 is 24.2 Å². The van der Waals surface area contributed by atoms with Crippen molar-refractivity contribution in [2.24, 2.45) is 0 Å². The second-order valence-electron chi connectivity index (χ2n) is 12.2. The van der Waals surface area contributed by atoms with Crippen LogP contribution < -0.4 is 4.90 Å². The molecule has 250 valence electrons. The largest absolute Gasteiger partial charge is 0.507 e. The number of hydrogen-bond acceptors (Lipinski definition) is 9. The van der Waals surface area contributed by atoms with Crippen LogP contribution in [0.15, 0.2) is 78.4 Å². The minimum Gasteiger partial charge on any atom is -0.507 e. The Balaban J connectivity index is 1.53. The molecule has 5 aromatic rings. The number of carbonyl (C=O) groups excluding carboxylic acids is 2. The molecule has 0 bridgehead atoms. The maximum atomic E-state index is 12.1. The third kappa shape index (κ3) is 7.67. The standard InChI is InChI=1S/C40H40N4O5/c1-23-9-15-31(25(3)17-23)36-41-37(32-16-10-24(2)18-26(32)4)43-38(42-36)33-21-29(19-27(5)35(33)45)22-44(6)30-13-11-28(12-14-30)20-34(39(46)48-7)40(47)49-8/h9-21,45H,22H2,1-8H3. The van der Waals surface area contributed by atoms with Crippen molar-refractivity contribution in [3.8, 4) is 39.9 Å². The van der Waals surface area contributed by atoms with E-state index >= 15 is 0 Å². The van der Waals surface area contributed by atoms with E-state index in [1.807, 2.05) is 76.3 Å². The molecule has 0 radical (unpaired) electrons. The SMILES string of the molecule is COC(=O)C(=Cc1ccc(N(C)Cc2cc(C)c(O)c(-c3nc(-c4ccc(C)cc4C)nc(-c4ccc(C)cc4C)n3)c2)cc1)C(=O)OC. The van der Waals surface area contributed by atoms with E-state index in [0.29, 0.717) is 40.7 Å². The highest BCUT2D eigenvalue weighted by Gasteiger charge is 2.21. The molecular formula is C40H40N4O5. The van der Waals surface area contributed by atoms with Gasteiger partial charge in [-0.05, 0) is 86.7 Å². The van der Waals surface area contributed by atoms with E-state index < -0.39 is 11.9 Å². The van der Waals surface area contributed by atoms with Gasteiger partial charge in [0.25, 0.3) is 0 Å². The van der Waals surface area contributed by atoms with E-state index in [-0.39, 0.29) is 11.3 Å². The van der Waals surface area contributed by atoms with Crippen LogP contribution in [0.4, 0.5) is 5.69 Å². The number of carbonyl (C=O) groups is 2. The first kappa shape index (κ1) is 34.5. The minimum atomic E-state index is -0.771. The zero-order valence-electron chi connectivity index (χ0n) is 29.1. The molecule has 0 aliphatic heterocycles. The Morgan fingerprint density at radius 3 is 1.63 bits per heavy atom. The molecule has 0 saturated carbocycles. The first-order valence-corrected chi connectivity index (χ1v) is 15.8. The van der Waals surface area contributed by atoms with Gasteiger partial charge in [-0.2, -0.15) is 0 Å². The molecule has 0 aliphatic rings. The van der Waals surface area contributed by atoms with Gasteiger partial charge in [-0.1, -0.05) is 65.7 Å². The average Bonchev–Trinajstić information content (AvgIpc) is 3.08. The summed E-state index contributed by atoms with van der Waals surface area (Å²) in [5.41, 5.74) is 9.68. The number of aryl methyl sites for hydroxylation is 5. The lowest BCUT2D eigenvalue weighted by Crippen LogP contribution is -2.17. The highest BCUT2D eigenvalue weighted by atomic mass is 16.5. The van der Waals surface area contributed by atoms with Crippen LogP contribution in [0.2, 0.25) is 0 Å². The average molecular weight is 657 g/mol.